The Morgan fingerprint density at radius 1 is 1.50 bits per heavy atom. The number of halogens is 1. The highest BCUT2D eigenvalue weighted by Crippen LogP contribution is 2.31. The molecule has 0 aliphatic carbocycles. The van der Waals surface area contributed by atoms with Crippen LogP contribution in [-0.4, -0.2) is 19.2 Å². The van der Waals surface area contributed by atoms with E-state index in [0.717, 1.165) is 19.5 Å². The van der Waals surface area contributed by atoms with Gasteiger partial charge in [-0.3, -0.25) is 0 Å². The topological polar surface area (TPSA) is 45.0 Å². The predicted octanol–water partition coefficient (Wildman–Crippen LogP) is 2.46. The molecule has 0 spiro atoms. The van der Waals surface area contributed by atoms with E-state index in [2.05, 4.69) is 19.2 Å². The van der Waals surface area contributed by atoms with Gasteiger partial charge in [-0.05, 0) is 31.2 Å². The highest BCUT2D eigenvalue weighted by molar-refractivity contribution is 5.43. The van der Waals surface area contributed by atoms with Gasteiger partial charge in [0.05, 0.1) is 5.56 Å². The molecule has 1 saturated heterocycles. The molecule has 3 nitrogen and oxygen atoms in total. The first-order chi connectivity index (χ1) is 8.53. The van der Waals surface area contributed by atoms with Gasteiger partial charge in [-0.15, -0.1) is 0 Å². The molecule has 2 rings (SSSR count). The number of hydrogen-bond donors (Lipinski definition) is 1. The van der Waals surface area contributed by atoms with Crippen molar-refractivity contribution in [2.75, 3.05) is 13.1 Å². The lowest BCUT2D eigenvalue weighted by Crippen LogP contribution is -2.48. The van der Waals surface area contributed by atoms with Crippen LogP contribution in [0.2, 0.25) is 0 Å². The molecule has 4 heteroatoms. The second-order valence-electron chi connectivity index (χ2n) is 5.31. The molecule has 0 bridgehead atoms. The number of nitriles is 1. The quantitative estimate of drug-likeness (QED) is 0.874. The molecular formula is C14H17FN2O. The van der Waals surface area contributed by atoms with Crippen LogP contribution in [0.1, 0.15) is 25.8 Å². The lowest BCUT2D eigenvalue weighted by Gasteiger charge is -2.39. The minimum absolute atomic E-state index is 0.000633. The number of benzene rings is 1. The van der Waals surface area contributed by atoms with Crippen LogP contribution in [0.3, 0.4) is 0 Å². The van der Waals surface area contributed by atoms with Crippen molar-refractivity contribution in [1.29, 1.82) is 5.26 Å². The van der Waals surface area contributed by atoms with Gasteiger partial charge in [-0.2, -0.15) is 5.26 Å². The Morgan fingerprint density at radius 2 is 2.28 bits per heavy atom. The fraction of sp³-hybridized carbons (Fsp3) is 0.500. The van der Waals surface area contributed by atoms with Gasteiger partial charge >= 0.3 is 0 Å². The van der Waals surface area contributed by atoms with Crippen LogP contribution >= 0.6 is 0 Å². The van der Waals surface area contributed by atoms with E-state index in [1.165, 1.54) is 18.2 Å². The molecule has 1 unspecified atom stereocenters. The van der Waals surface area contributed by atoms with Crippen molar-refractivity contribution in [3.63, 3.8) is 0 Å². The lowest BCUT2D eigenvalue weighted by molar-refractivity contribution is 0.0448. The molecule has 0 saturated carbocycles. The molecule has 1 fully saturated rings. The van der Waals surface area contributed by atoms with Crippen LogP contribution in [0.4, 0.5) is 4.39 Å². The Labute approximate surface area is 107 Å². The molecule has 18 heavy (non-hydrogen) atoms. The minimum atomic E-state index is -0.413. The van der Waals surface area contributed by atoms with Gasteiger partial charge in [0.2, 0.25) is 0 Å². The zero-order valence-corrected chi connectivity index (χ0v) is 10.7. The fourth-order valence-electron chi connectivity index (χ4n) is 2.21. The average molecular weight is 248 g/mol. The van der Waals surface area contributed by atoms with Crippen molar-refractivity contribution in [2.45, 2.75) is 26.4 Å². The van der Waals surface area contributed by atoms with E-state index in [9.17, 15) is 4.39 Å². The molecule has 1 aromatic carbocycles. The summed E-state index contributed by atoms with van der Waals surface area (Å²) in [5.41, 5.74) is 0.253. The summed E-state index contributed by atoms with van der Waals surface area (Å²) in [5, 5.41) is 12.3. The Kier molecular flexibility index (Phi) is 3.53. The van der Waals surface area contributed by atoms with E-state index in [1.807, 2.05) is 6.07 Å². The van der Waals surface area contributed by atoms with Crippen molar-refractivity contribution in [3.05, 3.63) is 29.6 Å². The van der Waals surface area contributed by atoms with Crippen molar-refractivity contribution < 1.29 is 9.13 Å². The third-order valence-electron chi connectivity index (χ3n) is 3.37. The summed E-state index contributed by atoms with van der Waals surface area (Å²) in [6, 6.07) is 6.04. The van der Waals surface area contributed by atoms with Gasteiger partial charge in [-0.1, -0.05) is 13.8 Å². The number of nitrogens with zero attached hydrogens (tertiary/aromatic N) is 1. The van der Waals surface area contributed by atoms with E-state index in [1.54, 1.807) is 0 Å². The summed E-state index contributed by atoms with van der Waals surface area (Å²) in [4.78, 5) is 0. The van der Waals surface area contributed by atoms with Crippen LogP contribution in [0.25, 0.3) is 0 Å². The van der Waals surface area contributed by atoms with Crippen LogP contribution in [-0.2, 0) is 0 Å². The van der Waals surface area contributed by atoms with Gasteiger partial charge in [0.1, 0.15) is 23.7 Å². The molecule has 0 aromatic heterocycles. The third-order valence-corrected chi connectivity index (χ3v) is 3.37. The summed E-state index contributed by atoms with van der Waals surface area (Å²) >= 11 is 0. The smallest absolute Gasteiger partial charge is 0.137 e. The van der Waals surface area contributed by atoms with Crippen LogP contribution < -0.4 is 10.1 Å². The fourth-order valence-corrected chi connectivity index (χ4v) is 2.21. The number of piperidine rings is 1. The standard InChI is InChI=1S/C14H17FN2O/c1-14(2)9-17-6-5-13(14)18-12-4-3-11(15)7-10(12)8-16/h3-4,7,13,17H,5-6,9H2,1-2H3. The Hall–Kier alpha value is -1.60. The second-order valence-corrected chi connectivity index (χ2v) is 5.31. The van der Waals surface area contributed by atoms with Crippen LogP contribution in [0.5, 0.6) is 5.75 Å². The monoisotopic (exact) mass is 248 g/mol. The van der Waals surface area contributed by atoms with Gasteiger partial charge in [0, 0.05) is 12.0 Å². The van der Waals surface area contributed by atoms with Crippen molar-refractivity contribution >= 4 is 0 Å². The number of nitrogens with one attached hydrogen (secondary N) is 1. The Morgan fingerprint density at radius 3 is 2.94 bits per heavy atom. The first-order valence-electron chi connectivity index (χ1n) is 6.10. The summed E-state index contributed by atoms with van der Waals surface area (Å²) in [6.07, 6.45) is 0.922. The second kappa shape index (κ2) is 4.95. The Bertz CT molecular complexity index is 479. The summed E-state index contributed by atoms with van der Waals surface area (Å²) < 4.78 is 19.0. The normalized spacial score (nSPS) is 22.2. The molecule has 1 aliphatic heterocycles. The van der Waals surface area contributed by atoms with E-state index < -0.39 is 5.82 Å². The molecule has 1 aliphatic rings. The van der Waals surface area contributed by atoms with E-state index in [-0.39, 0.29) is 17.1 Å². The highest BCUT2D eigenvalue weighted by atomic mass is 19.1. The van der Waals surface area contributed by atoms with Gasteiger partial charge in [0.25, 0.3) is 0 Å². The predicted molar refractivity (Wildman–Crippen MR) is 66.8 cm³/mol. The summed E-state index contributed by atoms with van der Waals surface area (Å²) in [6.45, 7) is 6.02. The maximum atomic E-state index is 13.0. The van der Waals surface area contributed by atoms with E-state index in [0.29, 0.717) is 5.75 Å². The van der Waals surface area contributed by atoms with Gasteiger partial charge in [0.15, 0.2) is 0 Å². The molecule has 1 heterocycles. The number of rotatable bonds is 2. The molecule has 0 radical (unpaired) electrons. The van der Waals surface area contributed by atoms with Crippen molar-refractivity contribution in [3.8, 4) is 11.8 Å². The number of hydrogen-bond acceptors (Lipinski definition) is 3. The first kappa shape index (κ1) is 12.8. The van der Waals surface area contributed by atoms with Gasteiger partial charge < -0.3 is 10.1 Å². The largest absolute Gasteiger partial charge is 0.488 e. The van der Waals surface area contributed by atoms with Crippen molar-refractivity contribution in [2.24, 2.45) is 5.41 Å². The summed E-state index contributed by atoms with van der Waals surface area (Å²) in [7, 11) is 0. The zero-order valence-electron chi connectivity index (χ0n) is 10.7. The molecule has 0 amide bonds. The maximum Gasteiger partial charge on any atom is 0.137 e. The molecule has 96 valence electrons. The lowest BCUT2D eigenvalue weighted by atomic mass is 9.82. The van der Waals surface area contributed by atoms with Crippen molar-refractivity contribution in [1.82, 2.24) is 5.32 Å². The minimum Gasteiger partial charge on any atom is -0.488 e. The van der Waals surface area contributed by atoms with E-state index >= 15 is 0 Å². The SMILES string of the molecule is CC1(C)CNCCC1Oc1ccc(F)cc1C#N. The molecule has 1 aromatic rings. The maximum absolute atomic E-state index is 13.0. The molecule has 1 atom stereocenters. The third kappa shape index (κ3) is 2.62. The average Bonchev–Trinajstić information content (AvgIpc) is 2.33. The summed E-state index contributed by atoms with van der Waals surface area (Å²) in [5.74, 6) is 0.0577. The van der Waals surface area contributed by atoms with Crippen LogP contribution in [0, 0.1) is 22.6 Å². The van der Waals surface area contributed by atoms with Gasteiger partial charge in [-0.25, -0.2) is 4.39 Å². The highest BCUT2D eigenvalue weighted by Gasteiger charge is 2.34. The Balaban J connectivity index is 2.21. The zero-order chi connectivity index (χ0) is 13.2. The number of ether oxygens (including phenoxy) is 1. The molecular weight excluding hydrogens is 231 g/mol. The molecule has 1 N–H and O–H groups in total. The first-order valence-corrected chi connectivity index (χ1v) is 6.10. The van der Waals surface area contributed by atoms with Crippen LogP contribution in [0.15, 0.2) is 18.2 Å². The van der Waals surface area contributed by atoms with E-state index in [4.69, 9.17) is 10.00 Å².